The van der Waals surface area contributed by atoms with E-state index in [1.165, 1.54) is 5.01 Å². The van der Waals surface area contributed by atoms with E-state index in [1.54, 1.807) is 11.3 Å². The van der Waals surface area contributed by atoms with Crippen molar-refractivity contribution in [1.82, 2.24) is 20.1 Å². The normalized spacial score (nSPS) is 14.9. The van der Waals surface area contributed by atoms with E-state index in [-0.39, 0.29) is 18.4 Å². The van der Waals surface area contributed by atoms with Gasteiger partial charge in [0.15, 0.2) is 0 Å². The first-order chi connectivity index (χ1) is 13.4. The summed E-state index contributed by atoms with van der Waals surface area (Å²) in [6, 6.07) is 5.71. The second kappa shape index (κ2) is 9.30. The lowest BCUT2D eigenvalue weighted by Crippen LogP contribution is -2.50. The molecule has 1 aromatic heterocycles. The zero-order valence-electron chi connectivity index (χ0n) is 16.8. The highest BCUT2D eigenvalue weighted by Gasteiger charge is 2.22. The first kappa shape index (κ1) is 20.5. The maximum Gasteiger partial charge on any atom is 0.251 e. The maximum absolute atomic E-state index is 12.5. The Morgan fingerprint density at radius 2 is 1.79 bits per heavy atom. The zero-order chi connectivity index (χ0) is 20.1. The summed E-state index contributed by atoms with van der Waals surface area (Å²) in [6.07, 6.45) is 0.973. The predicted octanol–water partition coefficient (Wildman–Crippen LogP) is 2.40. The van der Waals surface area contributed by atoms with Crippen LogP contribution in [0, 0.1) is 13.8 Å². The molecule has 1 N–H and O–H groups in total. The van der Waals surface area contributed by atoms with Gasteiger partial charge in [-0.2, -0.15) is 0 Å². The summed E-state index contributed by atoms with van der Waals surface area (Å²) < 4.78 is 0. The van der Waals surface area contributed by atoms with Gasteiger partial charge in [0.1, 0.15) is 0 Å². The molecule has 2 amide bonds. The number of hydrogen-bond acceptors (Lipinski definition) is 5. The van der Waals surface area contributed by atoms with Crippen molar-refractivity contribution in [3.8, 4) is 0 Å². The third-order valence-electron chi connectivity index (χ3n) is 4.90. The summed E-state index contributed by atoms with van der Waals surface area (Å²) in [6.45, 7) is 9.94. The molecule has 2 heterocycles. The summed E-state index contributed by atoms with van der Waals surface area (Å²) in [5.41, 5.74) is 3.80. The number of thiazole rings is 1. The third-order valence-corrected chi connectivity index (χ3v) is 5.94. The summed E-state index contributed by atoms with van der Waals surface area (Å²) in [5, 5.41) is 6.05. The Kier molecular flexibility index (Phi) is 6.80. The molecule has 0 aliphatic carbocycles. The van der Waals surface area contributed by atoms with Gasteiger partial charge < -0.3 is 10.2 Å². The Balaban J connectivity index is 1.44. The number of hydrogen-bond donors (Lipinski definition) is 1. The summed E-state index contributed by atoms with van der Waals surface area (Å²) >= 11 is 1.71. The van der Waals surface area contributed by atoms with Gasteiger partial charge in [-0.1, -0.05) is 24.1 Å². The highest BCUT2D eigenvalue weighted by molar-refractivity contribution is 7.09. The van der Waals surface area contributed by atoms with Crippen LogP contribution in [0.3, 0.4) is 0 Å². The lowest BCUT2D eigenvalue weighted by atomic mass is 10.1. The number of aromatic nitrogens is 1. The minimum atomic E-state index is -0.200. The van der Waals surface area contributed by atoms with Crippen LogP contribution in [0.2, 0.25) is 0 Å². The molecule has 1 aliphatic heterocycles. The molecule has 0 saturated carbocycles. The molecular weight excluding hydrogens is 372 g/mol. The number of piperazine rings is 1. The number of amides is 2. The second-order valence-electron chi connectivity index (χ2n) is 7.30. The van der Waals surface area contributed by atoms with Crippen molar-refractivity contribution in [2.75, 3.05) is 32.7 Å². The average Bonchev–Trinajstić information content (AvgIpc) is 3.13. The lowest BCUT2D eigenvalue weighted by Gasteiger charge is -2.34. The van der Waals surface area contributed by atoms with Crippen molar-refractivity contribution < 1.29 is 9.59 Å². The maximum atomic E-state index is 12.5. The van der Waals surface area contributed by atoms with Crippen LogP contribution in [-0.2, 0) is 17.8 Å². The SMILES string of the molecule is CCc1nc(CN2CCN(C(=O)CNC(=O)c3cc(C)cc(C)c3)CC2)cs1. The Bertz CT molecular complexity index is 820. The molecule has 6 nitrogen and oxygen atoms in total. The fraction of sp³-hybridized carbons (Fsp3) is 0.476. The fourth-order valence-corrected chi connectivity index (χ4v) is 4.18. The number of aryl methyl sites for hydroxylation is 3. The van der Waals surface area contributed by atoms with Crippen molar-refractivity contribution in [2.45, 2.75) is 33.7 Å². The Morgan fingerprint density at radius 3 is 2.39 bits per heavy atom. The van der Waals surface area contributed by atoms with Crippen molar-refractivity contribution in [1.29, 1.82) is 0 Å². The van der Waals surface area contributed by atoms with E-state index in [0.29, 0.717) is 18.7 Å². The molecular formula is C21H28N4O2S. The summed E-state index contributed by atoms with van der Waals surface area (Å²) in [5.74, 6) is -0.228. The number of carbonyl (C=O) groups excluding carboxylic acids is 2. The molecule has 0 atom stereocenters. The zero-order valence-corrected chi connectivity index (χ0v) is 17.6. The van der Waals surface area contributed by atoms with Gasteiger partial charge >= 0.3 is 0 Å². The molecule has 7 heteroatoms. The quantitative estimate of drug-likeness (QED) is 0.809. The molecule has 28 heavy (non-hydrogen) atoms. The predicted molar refractivity (Wildman–Crippen MR) is 112 cm³/mol. The van der Waals surface area contributed by atoms with Crippen LogP contribution >= 0.6 is 11.3 Å². The van der Waals surface area contributed by atoms with Crippen LogP contribution in [0.15, 0.2) is 23.6 Å². The number of benzene rings is 1. The molecule has 1 aliphatic rings. The molecule has 0 radical (unpaired) electrons. The van der Waals surface area contributed by atoms with Gasteiger partial charge in [0.25, 0.3) is 5.91 Å². The summed E-state index contributed by atoms with van der Waals surface area (Å²) in [7, 11) is 0. The van der Waals surface area contributed by atoms with Gasteiger partial charge in [-0.25, -0.2) is 4.98 Å². The average molecular weight is 401 g/mol. The van der Waals surface area contributed by atoms with Gasteiger partial charge in [0.05, 0.1) is 17.2 Å². The molecule has 0 unspecified atom stereocenters. The van der Waals surface area contributed by atoms with E-state index in [0.717, 1.165) is 42.9 Å². The van der Waals surface area contributed by atoms with Crippen molar-refractivity contribution >= 4 is 23.2 Å². The fourth-order valence-electron chi connectivity index (χ4n) is 3.44. The molecule has 0 spiro atoms. The Morgan fingerprint density at radius 1 is 1.11 bits per heavy atom. The number of nitrogens with one attached hydrogen (secondary N) is 1. The monoisotopic (exact) mass is 400 g/mol. The molecule has 0 bridgehead atoms. The first-order valence-corrected chi connectivity index (χ1v) is 10.6. The van der Waals surface area contributed by atoms with E-state index in [9.17, 15) is 9.59 Å². The molecule has 150 valence electrons. The Labute approximate surface area is 170 Å². The second-order valence-corrected chi connectivity index (χ2v) is 8.24. The standard InChI is InChI=1S/C21H28N4O2S/c1-4-19-23-18(14-28-19)13-24-5-7-25(8-6-24)20(26)12-22-21(27)17-10-15(2)9-16(3)11-17/h9-11,14H,4-8,12-13H2,1-3H3,(H,22,27). The van der Waals surface area contributed by atoms with Crippen LogP contribution in [0.1, 0.15) is 39.1 Å². The molecule has 3 rings (SSSR count). The largest absolute Gasteiger partial charge is 0.343 e. The number of carbonyl (C=O) groups is 2. The molecule has 2 aromatic rings. The lowest BCUT2D eigenvalue weighted by molar-refractivity contribution is -0.131. The van der Waals surface area contributed by atoms with E-state index in [2.05, 4.69) is 27.5 Å². The molecule has 1 saturated heterocycles. The van der Waals surface area contributed by atoms with Crippen molar-refractivity contribution in [3.63, 3.8) is 0 Å². The number of rotatable bonds is 6. The van der Waals surface area contributed by atoms with Crippen LogP contribution in [0.5, 0.6) is 0 Å². The van der Waals surface area contributed by atoms with E-state index in [4.69, 9.17) is 0 Å². The van der Waals surface area contributed by atoms with Crippen LogP contribution in [0.4, 0.5) is 0 Å². The van der Waals surface area contributed by atoms with Crippen LogP contribution in [-0.4, -0.2) is 59.3 Å². The summed E-state index contributed by atoms with van der Waals surface area (Å²) in [4.78, 5) is 33.6. The van der Waals surface area contributed by atoms with Gasteiger partial charge in [0.2, 0.25) is 5.91 Å². The van der Waals surface area contributed by atoms with Gasteiger partial charge in [-0.15, -0.1) is 11.3 Å². The third kappa shape index (κ3) is 5.39. The topological polar surface area (TPSA) is 65.5 Å². The minimum absolute atomic E-state index is 0.0284. The van der Waals surface area contributed by atoms with Crippen molar-refractivity contribution in [2.24, 2.45) is 0 Å². The number of nitrogens with zero attached hydrogens (tertiary/aromatic N) is 3. The van der Waals surface area contributed by atoms with Gasteiger partial charge in [-0.3, -0.25) is 14.5 Å². The Hall–Kier alpha value is -2.25. The van der Waals surface area contributed by atoms with Gasteiger partial charge in [0, 0.05) is 43.7 Å². The molecule has 1 aromatic carbocycles. The highest BCUT2D eigenvalue weighted by Crippen LogP contribution is 2.14. The highest BCUT2D eigenvalue weighted by atomic mass is 32.1. The van der Waals surface area contributed by atoms with Crippen molar-refractivity contribution in [3.05, 3.63) is 51.0 Å². The van der Waals surface area contributed by atoms with Gasteiger partial charge in [-0.05, 0) is 32.4 Å². The first-order valence-electron chi connectivity index (χ1n) is 9.74. The molecule has 1 fully saturated rings. The smallest absolute Gasteiger partial charge is 0.251 e. The van der Waals surface area contributed by atoms with Crippen LogP contribution < -0.4 is 5.32 Å². The minimum Gasteiger partial charge on any atom is -0.343 e. The van der Waals surface area contributed by atoms with E-state index in [1.807, 2.05) is 36.9 Å². The van der Waals surface area contributed by atoms with E-state index < -0.39 is 0 Å². The van der Waals surface area contributed by atoms with E-state index >= 15 is 0 Å². The van der Waals surface area contributed by atoms with Crippen LogP contribution in [0.25, 0.3) is 0 Å².